The Balaban J connectivity index is 1.07. The molecule has 1 aliphatic carbocycles. The van der Waals surface area contributed by atoms with Crippen LogP contribution in [0.4, 0.5) is 0 Å². The number of carbonyl (C=O) groups is 1. The lowest BCUT2D eigenvalue weighted by molar-refractivity contribution is 0.0699. The van der Waals surface area contributed by atoms with E-state index >= 15 is 0 Å². The van der Waals surface area contributed by atoms with Gasteiger partial charge in [-0.05, 0) is 89.4 Å². The number of ether oxygens (including phenoxy) is 1. The normalized spacial score (nSPS) is 17.2. The fourth-order valence-electron chi connectivity index (χ4n) is 7.17. The molecule has 1 atom stereocenters. The van der Waals surface area contributed by atoms with Crippen LogP contribution in [0.3, 0.4) is 0 Å². The van der Waals surface area contributed by atoms with E-state index in [1.165, 1.54) is 17.0 Å². The van der Waals surface area contributed by atoms with Crippen molar-refractivity contribution in [2.45, 2.75) is 64.5 Å². The van der Waals surface area contributed by atoms with Crippen molar-refractivity contribution in [2.24, 2.45) is 7.05 Å². The molecular formula is C35H37ClN6O4S. The summed E-state index contributed by atoms with van der Waals surface area (Å²) in [6.45, 7) is 6.34. The first-order valence-corrected chi connectivity index (χ1v) is 17.3. The molecule has 0 spiro atoms. The van der Waals surface area contributed by atoms with Gasteiger partial charge in [0, 0.05) is 58.0 Å². The van der Waals surface area contributed by atoms with Gasteiger partial charge < -0.3 is 9.84 Å². The highest BCUT2D eigenvalue weighted by molar-refractivity contribution is 7.18. The Bertz CT molecular complexity index is 2040. The fourth-order valence-corrected chi connectivity index (χ4v) is 8.35. The van der Waals surface area contributed by atoms with Gasteiger partial charge in [0.2, 0.25) is 0 Å². The first kappa shape index (κ1) is 31.5. The van der Waals surface area contributed by atoms with E-state index in [9.17, 15) is 14.7 Å². The van der Waals surface area contributed by atoms with Crippen LogP contribution in [0.25, 0.3) is 21.3 Å². The van der Waals surface area contributed by atoms with E-state index in [-0.39, 0.29) is 17.7 Å². The van der Waals surface area contributed by atoms with Crippen molar-refractivity contribution in [3.05, 3.63) is 91.3 Å². The highest BCUT2D eigenvalue weighted by Crippen LogP contribution is 2.40. The molecular weight excluding hydrogens is 636 g/mol. The van der Waals surface area contributed by atoms with Gasteiger partial charge in [-0.15, -0.1) is 11.3 Å². The van der Waals surface area contributed by atoms with Crippen molar-refractivity contribution in [3.8, 4) is 16.9 Å². The lowest BCUT2D eigenvalue weighted by Gasteiger charge is -2.39. The number of thiophene rings is 1. The summed E-state index contributed by atoms with van der Waals surface area (Å²) >= 11 is 7.77. The lowest BCUT2D eigenvalue weighted by Crippen LogP contribution is -2.46. The Hall–Kier alpha value is -4.06. The molecule has 0 bridgehead atoms. The van der Waals surface area contributed by atoms with Gasteiger partial charge in [-0.2, -0.15) is 5.10 Å². The standard InChI is InChI=1S/C35H37ClN6O4S/c1-20-16-26(33-32(37-20)28(19-47-33)35(44)45)25-17-23(36)4-7-31(25)46-15-14-42-21(2)38-30-6-5-24(18-27(30)34(42)43)41-12-8-22(9-13-41)29-10-11-40(3)39-29/h4,7,10-11,16-17,19,22,24H,5-6,8-9,12-15,18H2,1-3H3,(H,44,45)/t24-/m1/s1. The highest BCUT2D eigenvalue weighted by atomic mass is 35.5. The molecule has 1 N–H and O–H groups in total. The van der Waals surface area contributed by atoms with Crippen LogP contribution in [0.5, 0.6) is 5.75 Å². The zero-order chi connectivity index (χ0) is 32.8. The van der Waals surface area contributed by atoms with E-state index in [0.29, 0.717) is 52.7 Å². The van der Waals surface area contributed by atoms with Crippen LogP contribution in [0.1, 0.15) is 64.0 Å². The van der Waals surface area contributed by atoms with E-state index in [4.69, 9.17) is 21.3 Å². The summed E-state index contributed by atoms with van der Waals surface area (Å²) in [4.78, 5) is 37.6. The topological polar surface area (TPSA) is 115 Å². The molecule has 10 nitrogen and oxygen atoms in total. The lowest BCUT2D eigenvalue weighted by atomic mass is 9.87. The van der Waals surface area contributed by atoms with Gasteiger partial charge in [0.05, 0.1) is 33.7 Å². The number of carboxylic acid groups (broad SMARTS) is 1. The van der Waals surface area contributed by atoms with Gasteiger partial charge in [-0.1, -0.05) is 11.6 Å². The Morgan fingerprint density at radius 1 is 1.11 bits per heavy atom. The second kappa shape index (κ2) is 12.9. The monoisotopic (exact) mass is 672 g/mol. The number of nitrogens with zero attached hydrogens (tertiary/aromatic N) is 6. The number of pyridine rings is 1. The van der Waals surface area contributed by atoms with Gasteiger partial charge in [0.1, 0.15) is 18.2 Å². The van der Waals surface area contributed by atoms with E-state index in [1.54, 1.807) is 16.0 Å². The molecule has 0 amide bonds. The third-order valence-corrected chi connectivity index (χ3v) is 10.8. The van der Waals surface area contributed by atoms with Gasteiger partial charge in [0.25, 0.3) is 5.56 Å². The summed E-state index contributed by atoms with van der Waals surface area (Å²) in [6.07, 6.45) is 6.72. The van der Waals surface area contributed by atoms with Crippen LogP contribution >= 0.6 is 22.9 Å². The third-order valence-electron chi connectivity index (χ3n) is 9.58. The number of aromatic carboxylic acids is 1. The SMILES string of the molecule is Cc1cc(-c2cc(Cl)ccc2OCCn2c(C)nc3c(c2=O)C[C@H](N2CCC(c4ccn(C)n4)CC2)CC3)c2scc(C(=O)O)c2n1. The summed E-state index contributed by atoms with van der Waals surface area (Å²) in [5.74, 6) is 0.762. The van der Waals surface area contributed by atoms with Gasteiger partial charge in [-0.3, -0.25) is 23.9 Å². The molecule has 0 saturated carbocycles. The van der Waals surface area contributed by atoms with Gasteiger partial charge >= 0.3 is 5.97 Å². The predicted octanol–water partition coefficient (Wildman–Crippen LogP) is 6.04. The molecule has 12 heteroatoms. The summed E-state index contributed by atoms with van der Waals surface area (Å²) in [7, 11) is 1.96. The largest absolute Gasteiger partial charge is 0.491 e. The average molecular weight is 673 g/mol. The second-order valence-corrected chi connectivity index (χ2v) is 13.9. The Morgan fingerprint density at radius 3 is 2.66 bits per heavy atom. The number of carboxylic acids is 1. The van der Waals surface area contributed by atoms with Crippen LogP contribution in [-0.2, 0) is 26.4 Å². The maximum absolute atomic E-state index is 13.9. The molecule has 0 radical (unpaired) electrons. The number of aryl methyl sites for hydroxylation is 4. The smallest absolute Gasteiger partial charge is 0.338 e. The van der Waals surface area contributed by atoms with E-state index in [0.717, 1.165) is 65.9 Å². The van der Waals surface area contributed by atoms with Gasteiger partial charge in [0.15, 0.2) is 0 Å². The van der Waals surface area contributed by atoms with Gasteiger partial charge in [-0.25, -0.2) is 9.78 Å². The van der Waals surface area contributed by atoms with E-state index in [1.807, 2.05) is 50.0 Å². The maximum atomic E-state index is 13.9. The van der Waals surface area contributed by atoms with Crippen molar-refractivity contribution < 1.29 is 14.6 Å². The molecule has 4 aromatic heterocycles. The molecule has 244 valence electrons. The number of rotatable bonds is 8. The van der Waals surface area contributed by atoms with E-state index < -0.39 is 5.97 Å². The third kappa shape index (κ3) is 6.19. The van der Waals surface area contributed by atoms with Crippen molar-refractivity contribution in [2.75, 3.05) is 19.7 Å². The molecule has 0 unspecified atom stereocenters. The molecule has 5 aromatic rings. The van der Waals surface area contributed by atoms with Crippen LogP contribution < -0.4 is 10.3 Å². The number of hydrogen-bond donors (Lipinski definition) is 1. The predicted molar refractivity (Wildman–Crippen MR) is 183 cm³/mol. The quantitative estimate of drug-likeness (QED) is 0.212. The number of fused-ring (bicyclic) bond motifs is 2. The minimum absolute atomic E-state index is 0.0201. The maximum Gasteiger partial charge on any atom is 0.338 e. The Morgan fingerprint density at radius 2 is 1.91 bits per heavy atom. The molecule has 2 aliphatic rings. The minimum Gasteiger partial charge on any atom is -0.491 e. The molecule has 47 heavy (non-hydrogen) atoms. The van der Waals surface area contributed by atoms with E-state index in [2.05, 4.69) is 21.0 Å². The molecule has 1 fully saturated rings. The summed E-state index contributed by atoms with van der Waals surface area (Å²) in [5, 5.41) is 16.5. The minimum atomic E-state index is -1.01. The highest BCUT2D eigenvalue weighted by Gasteiger charge is 2.31. The zero-order valence-electron chi connectivity index (χ0n) is 26.7. The summed E-state index contributed by atoms with van der Waals surface area (Å²) in [5.41, 5.74) is 5.82. The number of likely N-dealkylation sites (tertiary alicyclic amines) is 1. The Kier molecular flexibility index (Phi) is 8.63. The summed E-state index contributed by atoms with van der Waals surface area (Å²) < 4.78 is 10.7. The number of hydrogen-bond acceptors (Lipinski definition) is 8. The molecule has 1 aliphatic heterocycles. The van der Waals surface area contributed by atoms with Crippen LogP contribution in [-0.4, -0.2) is 66.0 Å². The number of piperidine rings is 1. The first-order valence-electron chi connectivity index (χ1n) is 16.0. The molecule has 1 saturated heterocycles. The van der Waals surface area contributed by atoms with Crippen molar-refractivity contribution in [1.82, 2.24) is 29.2 Å². The molecule has 5 heterocycles. The second-order valence-electron chi connectivity index (χ2n) is 12.6. The fraction of sp³-hybridized carbons (Fsp3) is 0.400. The number of benzene rings is 1. The Labute approximate surface area is 281 Å². The van der Waals surface area contributed by atoms with Crippen LogP contribution in [0.2, 0.25) is 5.02 Å². The molecule has 7 rings (SSSR count). The van der Waals surface area contributed by atoms with Crippen LogP contribution in [0.15, 0.2) is 46.7 Å². The van der Waals surface area contributed by atoms with Crippen molar-refractivity contribution in [3.63, 3.8) is 0 Å². The molecule has 1 aromatic carbocycles. The van der Waals surface area contributed by atoms with Crippen molar-refractivity contribution in [1.29, 1.82) is 0 Å². The first-order chi connectivity index (χ1) is 22.7. The van der Waals surface area contributed by atoms with Crippen molar-refractivity contribution >= 4 is 39.1 Å². The zero-order valence-corrected chi connectivity index (χ0v) is 28.3. The van der Waals surface area contributed by atoms with Crippen LogP contribution in [0, 0.1) is 13.8 Å². The average Bonchev–Trinajstić information content (AvgIpc) is 3.69. The number of aromatic nitrogens is 5. The number of halogens is 1. The summed E-state index contributed by atoms with van der Waals surface area (Å²) in [6, 6.07) is 9.79.